The molecule has 0 radical (unpaired) electrons. The topological polar surface area (TPSA) is 39.2 Å². The Labute approximate surface area is 127 Å². The molecule has 1 heterocycles. The lowest BCUT2D eigenvalue weighted by Gasteiger charge is -2.06. The highest BCUT2D eigenvalue weighted by molar-refractivity contribution is 14.1. The fourth-order valence-corrected chi connectivity index (χ4v) is 2.41. The minimum Gasteiger partial charge on any atom is -0.464 e. The Balaban J connectivity index is 2.47. The highest BCUT2D eigenvalue weighted by Gasteiger charge is 2.14. The maximum atomic E-state index is 13.8. The van der Waals surface area contributed by atoms with Gasteiger partial charge in [-0.15, -0.1) is 0 Å². The van der Waals surface area contributed by atoms with Crippen molar-refractivity contribution in [3.63, 3.8) is 0 Å². The quantitative estimate of drug-likeness (QED) is 0.575. The Morgan fingerprint density at radius 3 is 2.74 bits per heavy atom. The Morgan fingerprint density at radius 1 is 1.42 bits per heavy atom. The Bertz CT molecular complexity index is 649. The predicted molar refractivity (Wildman–Crippen MR) is 78.7 cm³/mol. The van der Waals surface area contributed by atoms with Gasteiger partial charge in [0.1, 0.15) is 5.82 Å². The number of nitrogens with zero attached hydrogens (tertiary/aromatic N) is 1. The van der Waals surface area contributed by atoms with Crippen molar-refractivity contribution in [2.75, 3.05) is 7.11 Å². The van der Waals surface area contributed by atoms with Crippen LogP contribution in [0.4, 0.5) is 4.39 Å². The van der Waals surface area contributed by atoms with Crippen LogP contribution >= 0.6 is 34.2 Å². The molecule has 0 saturated carbocycles. The molecule has 0 unspecified atom stereocenters. The molecule has 2 aromatic rings. The minimum atomic E-state index is -0.521. The van der Waals surface area contributed by atoms with Crippen molar-refractivity contribution < 1.29 is 13.9 Å². The molecule has 0 bridgehead atoms. The predicted octanol–water partition coefficient (Wildman–Crippen LogP) is 3.93. The second-order valence-electron chi connectivity index (χ2n) is 3.67. The molecule has 0 aliphatic rings. The average molecular weight is 392 g/mol. The first-order valence-corrected chi connectivity index (χ1v) is 6.68. The van der Waals surface area contributed by atoms with E-state index in [2.05, 4.69) is 9.72 Å². The van der Waals surface area contributed by atoms with Gasteiger partial charge >= 0.3 is 5.97 Å². The zero-order valence-corrected chi connectivity index (χ0v) is 12.7. The largest absolute Gasteiger partial charge is 0.464 e. The smallest absolute Gasteiger partial charge is 0.357 e. The van der Waals surface area contributed by atoms with E-state index in [1.54, 1.807) is 18.2 Å². The van der Waals surface area contributed by atoms with Crippen molar-refractivity contribution in [1.82, 2.24) is 4.98 Å². The molecule has 0 amide bonds. The number of aromatic nitrogens is 1. The average Bonchev–Trinajstić information content (AvgIpc) is 2.37. The fourth-order valence-electron chi connectivity index (χ4n) is 1.56. The third kappa shape index (κ3) is 3.03. The summed E-state index contributed by atoms with van der Waals surface area (Å²) >= 11 is 7.66. The van der Waals surface area contributed by atoms with E-state index < -0.39 is 11.8 Å². The molecule has 6 heteroatoms. The van der Waals surface area contributed by atoms with Gasteiger partial charge in [-0.05, 0) is 46.9 Å². The summed E-state index contributed by atoms with van der Waals surface area (Å²) < 4.78 is 19.0. The first kappa shape index (κ1) is 14.2. The van der Waals surface area contributed by atoms with Gasteiger partial charge in [-0.25, -0.2) is 14.2 Å². The van der Waals surface area contributed by atoms with Gasteiger partial charge in [0, 0.05) is 25.9 Å². The Morgan fingerprint density at radius 2 is 2.16 bits per heavy atom. The number of pyridine rings is 1. The van der Waals surface area contributed by atoms with Gasteiger partial charge in [0.2, 0.25) is 0 Å². The molecule has 98 valence electrons. The number of hydrogen-bond acceptors (Lipinski definition) is 3. The van der Waals surface area contributed by atoms with E-state index in [-0.39, 0.29) is 5.69 Å². The van der Waals surface area contributed by atoms with Crippen LogP contribution in [0.25, 0.3) is 11.1 Å². The molecule has 0 aliphatic carbocycles. The van der Waals surface area contributed by atoms with Crippen LogP contribution in [-0.2, 0) is 4.74 Å². The van der Waals surface area contributed by atoms with E-state index >= 15 is 0 Å². The summed E-state index contributed by atoms with van der Waals surface area (Å²) in [5.41, 5.74) is 1.17. The number of carbonyl (C=O) groups excluding carboxylic acids is 1. The SMILES string of the molecule is COC(=O)c1ncc(-c2ccc(Cl)cc2F)cc1I. The Kier molecular flexibility index (Phi) is 4.36. The van der Waals surface area contributed by atoms with Crippen molar-refractivity contribution in [3.05, 3.63) is 50.6 Å². The number of esters is 1. The normalized spacial score (nSPS) is 10.3. The summed E-state index contributed by atoms with van der Waals surface area (Å²) in [6, 6.07) is 6.08. The van der Waals surface area contributed by atoms with Crippen LogP contribution in [0.15, 0.2) is 30.5 Å². The van der Waals surface area contributed by atoms with Gasteiger partial charge in [0.15, 0.2) is 5.69 Å². The standard InChI is InChI=1S/C13H8ClFINO2/c1-19-13(18)12-11(16)4-7(6-17-12)9-3-2-8(14)5-10(9)15/h2-6H,1H3. The van der Waals surface area contributed by atoms with Crippen molar-refractivity contribution in [2.24, 2.45) is 0 Å². The molecule has 2 rings (SSSR count). The van der Waals surface area contributed by atoms with Crippen LogP contribution in [0.1, 0.15) is 10.5 Å². The Hall–Kier alpha value is -1.21. The second-order valence-corrected chi connectivity index (χ2v) is 5.27. The summed E-state index contributed by atoms with van der Waals surface area (Å²) in [6.45, 7) is 0. The maximum absolute atomic E-state index is 13.8. The van der Waals surface area contributed by atoms with Crippen LogP contribution in [0.3, 0.4) is 0 Å². The molecule has 0 aliphatic heterocycles. The van der Waals surface area contributed by atoms with Crippen LogP contribution in [0.5, 0.6) is 0 Å². The highest BCUT2D eigenvalue weighted by atomic mass is 127. The first-order valence-electron chi connectivity index (χ1n) is 5.22. The zero-order chi connectivity index (χ0) is 14.0. The molecule has 1 aromatic heterocycles. The fraction of sp³-hybridized carbons (Fsp3) is 0.0769. The van der Waals surface area contributed by atoms with E-state index in [9.17, 15) is 9.18 Å². The number of ether oxygens (including phenoxy) is 1. The van der Waals surface area contributed by atoms with E-state index in [0.29, 0.717) is 19.7 Å². The number of benzene rings is 1. The van der Waals surface area contributed by atoms with E-state index in [1.807, 2.05) is 22.6 Å². The summed E-state index contributed by atoms with van der Waals surface area (Å²) in [4.78, 5) is 15.4. The third-order valence-electron chi connectivity index (χ3n) is 2.46. The monoisotopic (exact) mass is 391 g/mol. The number of carbonyl (C=O) groups is 1. The van der Waals surface area contributed by atoms with Crippen LogP contribution < -0.4 is 0 Å². The van der Waals surface area contributed by atoms with Crippen molar-refractivity contribution in [1.29, 1.82) is 0 Å². The molecule has 0 saturated heterocycles. The first-order chi connectivity index (χ1) is 9.02. The highest BCUT2D eigenvalue weighted by Crippen LogP contribution is 2.26. The van der Waals surface area contributed by atoms with E-state index in [1.165, 1.54) is 19.4 Å². The molecule has 3 nitrogen and oxygen atoms in total. The van der Waals surface area contributed by atoms with Crippen LogP contribution in [-0.4, -0.2) is 18.1 Å². The molecule has 0 N–H and O–H groups in total. The van der Waals surface area contributed by atoms with Crippen molar-refractivity contribution in [2.45, 2.75) is 0 Å². The van der Waals surface area contributed by atoms with Crippen LogP contribution in [0, 0.1) is 9.39 Å². The van der Waals surface area contributed by atoms with Crippen molar-refractivity contribution >= 4 is 40.2 Å². The molecule has 0 spiro atoms. The van der Waals surface area contributed by atoms with Crippen molar-refractivity contribution in [3.8, 4) is 11.1 Å². The lowest BCUT2D eigenvalue weighted by molar-refractivity contribution is 0.0593. The lowest BCUT2D eigenvalue weighted by Crippen LogP contribution is -2.06. The molecule has 19 heavy (non-hydrogen) atoms. The van der Waals surface area contributed by atoms with Gasteiger partial charge in [-0.3, -0.25) is 0 Å². The summed E-state index contributed by atoms with van der Waals surface area (Å²) in [6.07, 6.45) is 1.43. The van der Waals surface area contributed by atoms with Gasteiger partial charge in [0.05, 0.1) is 7.11 Å². The summed E-state index contributed by atoms with van der Waals surface area (Å²) in [7, 11) is 1.28. The number of halogens is 3. The van der Waals surface area contributed by atoms with E-state index in [4.69, 9.17) is 11.6 Å². The number of methoxy groups -OCH3 is 1. The lowest BCUT2D eigenvalue weighted by atomic mass is 10.1. The van der Waals surface area contributed by atoms with Gasteiger partial charge in [-0.1, -0.05) is 11.6 Å². The maximum Gasteiger partial charge on any atom is 0.357 e. The summed E-state index contributed by atoms with van der Waals surface area (Å²) in [5, 5.41) is 0.329. The van der Waals surface area contributed by atoms with Gasteiger partial charge in [-0.2, -0.15) is 0 Å². The summed E-state index contributed by atoms with van der Waals surface area (Å²) in [5.74, 6) is -0.955. The van der Waals surface area contributed by atoms with Gasteiger partial charge in [0.25, 0.3) is 0 Å². The number of rotatable bonds is 2. The molecular weight excluding hydrogens is 384 g/mol. The molecule has 0 fully saturated rings. The third-order valence-corrected chi connectivity index (χ3v) is 3.52. The number of hydrogen-bond donors (Lipinski definition) is 0. The molecular formula is C13H8ClFINO2. The van der Waals surface area contributed by atoms with Gasteiger partial charge < -0.3 is 4.74 Å². The second kappa shape index (κ2) is 5.83. The van der Waals surface area contributed by atoms with Crippen LogP contribution in [0.2, 0.25) is 5.02 Å². The minimum absolute atomic E-state index is 0.209. The molecule has 0 atom stereocenters. The molecule has 1 aromatic carbocycles. The zero-order valence-electron chi connectivity index (χ0n) is 9.78. The van der Waals surface area contributed by atoms with E-state index in [0.717, 1.165) is 0 Å².